The molecular formula is C16H16N2O2. The van der Waals surface area contributed by atoms with Crippen LogP contribution in [0.2, 0.25) is 0 Å². The molecule has 2 aromatic rings. The third-order valence-corrected chi connectivity index (χ3v) is 3.58. The second-order valence-electron chi connectivity index (χ2n) is 4.99. The van der Waals surface area contributed by atoms with Crippen molar-refractivity contribution in [2.75, 3.05) is 5.32 Å². The smallest absolute Gasteiger partial charge is 0.339 e. The van der Waals surface area contributed by atoms with Crippen molar-refractivity contribution in [2.45, 2.75) is 25.8 Å². The molecule has 102 valence electrons. The quantitative estimate of drug-likeness (QED) is 0.895. The van der Waals surface area contributed by atoms with Crippen LogP contribution in [-0.2, 0) is 19.4 Å². The lowest BCUT2D eigenvalue weighted by atomic mass is 10.1. The van der Waals surface area contributed by atoms with Gasteiger partial charge in [0.15, 0.2) is 0 Å². The van der Waals surface area contributed by atoms with Gasteiger partial charge in [-0.2, -0.15) is 0 Å². The zero-order valence-electron chi connectivity index (χ0n) is 11.1. The van der Waals surface area contributed by atoms with Crippen molar-refractivity contribution in [3.8, 4) is 0 Å². The Hall–Kier alpha value is -2.36. The molecule has 1 aromatic heterocycles. The summed E-state index contributed by atoms with van der Waals surface area (Å²) in [6.07, 6.45) is 2.93. The van der Waals surface area contributed by atoms with Gasteiger partial charge in [0, 0.05) is 12.2 Å². The van der Waals surface area contributed by atoms with Crippen LogP contribution in [0.3, 0.4) is 0 Å². The number of nitrogens with one attached hydrogen (secondary N) is 1. The first kappa shape index (κ1) is 12.7. The van der Waals surface area contributed by atoms with Crippen molar-refractivity contribution >= 4 is 11.8 Å². The number of carboxylic acids is 1. The minimum Gasteiger partial charge on any atom is -0.478 e. The predicted molar refractivity (Wildman–Crippen MR) is 77.0 cm³/mol. The van der Waals surface area contributed by atoms with Gasteiger partial charge in [0.25, 0.3) is 0 Å². The van der Waals surface area contributed by atoms with Gasteiger partial charge in [-0.3, -0.25) is 0 Å². The Morgan fingerprint density at radius 2 is 2.05 bits per heavy atom. The van der Waals surface area contributed by atoms with Gasteiger partial charge in [0.05, 0.1) is 0 Å². The maximum absolute atomic E-state index is 11.4. The van der Waals surface area contributed by atoms with Gasteiger partial charge in [-0.1, -0.05) is 30.3 Å². The summed E-state index contributed by atoms with van der Waals surface area (Å²) in [5, 5.41) is 12.5. The Balaban J connectivity index is 1.86. The van der Waals surface area contributed by atoms with Crippen LogP contribution in [0.25, 0.3) is 0 Å². The standard InChI is InChI=1S/C16H16N2O2/c19-16(20)13-9-12-7-4-8-14(12)18-15(13)17-10-11-5-2-1-3-6-11/h1-3,5-6,9H,4,7-8,10H2,(H,17,18)(H,19,20). The molecule has 0 fully saturated rings. The van der Waals surface area contributed by atoms with E-state index in [-0.39, 0.29) is 5.56 Å². The molecule has 4 nitrogen and oxygen atoms in total. The third-order valence-electron chi connectivity index (χ3n) is 3.58. The number of carbonyl (C=O) groups is 1. The highest BCUT2D eigenvalue weighted by Gasteiger charge is 2.19. The van der Waals surface area contributed by atoms with E-state index in [1.54, 1.807) is 6.07 Å². The third kappa shape index (κ3) is 2.50. The van der Waals surface area contributed by atoms with Crippen LogP contribution in [0.5, 0.6) is 0 Å². The van der Waals surface area contributed by atoms with Crippen molar-refractivity contribution in [2.24, 2.45) is 0 Å². The van der Waals surface area contributed by atoms with Crippen molar-refractivity contribution in [3.63, 3.8) is 0 Å². The summed E-state index contributed by atoms with van der Waals surface area (Å²) >= 11 is 0. The van der Waals surface area contributed by atoms with E-state index in [9.17, 15) is 9.90 Å². The highest BCUT2D eigenvalue weighted by atomic mass is 16.4. The van der Waals surface area contributed by atoms with E-state index in [0.29, 0.717) is 12.4 Å². The molecule has 1 aliphatic carbocycles. The van der Waals surface area contributed by atoms with Crippen LogP contribution < -0.4 is 5.32 Å². The van der Waals surface area contributed by atoms with Crippen molar-refractivity contribution in [1.29, 1.82) is 0 Å². The second kappa shape index (κ2) is 5.33. The second-order valence-corrected chi connectivity index (χ2v) is 4.99. The van der Waals surface area contributed by atoms with Crippen molar-refractivity contribution < 1.29 is 9.90 Å². The average molecular weight is 268 g/mol. The summed E-state index contributed by atoms with van der Waals surface area (Å²) in [4.78, 5) is 15.9. The molecule has 0 bridgehead atoms. The molecule has 1 heterocycles. The fraction of sp³-hybridized carbons (Fsp3) is 0.250. The van der Waals surface area contributed by atoms with E-state index in [0.717, 1.165) is 36.1 Å². The van der Waals surface area contributed by atoms with Gasteiger partial charge in [0.2, 0.25) is 0 Å². The number of nitrogens with zero attached hydrogens (tertiary/aromatic N) is 1. The monoisotopic (exact) mass is 268 g/mol. The molecule has 2 N–H and O–H groups in total. The summed E-state index contributed by atoms with van der Waals surface area (Å²) in [6, 6.07) is 11.7. The maximum Gasteiger partial charge on any atom is 0.339 e. The minimum absolute atomic E-state index is 0.265. The summed E-state index contributed by atoms with van der Waals surface area (Å²) < 4.78 is 0. The molecule has 4 heteroatoms. The van der Waals surface area contributed by atoms with Crippen LogP contribution in [0.1, 0.15) is 33.6 Å². The molecule has 20 heavy (non-hydrogen) atoms. The Morgan fingerprint density at radius 1 is 1.25 bits per heavy atom. The molecular weight excluding hydrogens is 252 g/mol. The summed E-state index contributed by atoms with van der Waals surface area (Å²) in [6.45, 7) is 0.576. The fourth-order valence-corrected chi connectivity index (χ4v) is 2.55. The first-order valence-corrected chi connectivity index (χ1v) is 6.78. The molecule has 1 aliphatic rings. The number of aromatic carboxylic acids is 1. The number of fused-ring (bicyclic) bond motifs is 1. The predicted octanol–water partition coefficient (Wildman–Crippen LogP) is 2.88. The summed E-state index contributed by atoms with van der Waals surface area (Å²) in [5.74, 6) is -0.454. The van der Waals surface area contributed by atoms with Gasteiger partial charge in [-0.05, 0) is 36.5 Å². The van der Waals surface area contributed by atoms with E-state index in [2.05, 4.69) is 10.3 Å². The molecule has 0 spiro atoms. The molecule has 0 aliphatic heterocycles. The van der Waals surface area contributed by atoms with Crippen LogP contribution in [0, 0.1) is 0 Å². The fourth-order valence-electron chi connectivity index (χ4n) is 2.55. The number of pyridine rings is 1. The molecule has 0 amide bonds. The largest absolute Gasteiger partial charge is 0.478 e. The molecule has 0 atom stereocenters. The van der Waals surface area contributed by atoms with Crippen LogP contribution >= 0.6 is 0 Å². The first-order valence-electron chi connectivity index (χ1n) is 6.78. The van der Waals surface area contributed by atoms with Crippen molar-refractivity contribution in [3.05, 3.63) is 58.8 Å². The number of rotatable bonds is 4. The topological polar surface area (TPSA) is 62.2 Å². The molecule has 3 rings (SSSR count). The Labute approximate surface area is 117 Å². The number of hydrogen-bond donors (Lipinski definition) is 2. The zero-order valence-corrected chi connectivity index (χ0v) is 11.1. The molecule has 1 aromatic carbocycles. The summed E-state index contributed by atoms with van der Waals surface area (Å²) in [5.41, 5.74) is 3.48. The van der Waals surface area contributed by atoms with Gasteiger partial charge in [-0.25, -0.2) is 9.78 Å². The maximum atomic E-state index is 11.4. The van der Waals surface area contributed by atoms with E-state index >= 15 is 0 Å². The number of anilines is 1. The SMILES string of the molecule is O=C(O)c1cc2c(nc1NCc1ccccc1)CCC2. The van der Waals surface area contributed by atoms with Gasteiger partial charge >= 0.3 is 5.97 Å². The average Bonchev–Trinajstić information content (AvgIpc) is 2.92. The normalized spacial score (nSPS) is 13.0. The first-order chi connectivity index (χ1) is 9.74. The minimum atomic E-state index is -0.928. The van der Waals surface area contributed by atoms with Gasteiger partial charge < -0.3 is 10.4 Å². The number of benzene rings is 1. The van der Waals surface area contributed by atoms with Crippen LogP contribution in [-0.4, -0.2) is 16.1 Å². The number of carboxylic acid groups (broad SMARTS) is 1. The lowest BCUT2D eigenvalue weighted by molar-refractivity contribution is 0.0697. The Bertz CT molecular complexity index is 638. The number of hydrogen-bond acceptors (Lipinski definition) is 3. The Morgan fingerprint density at radius 3 is 2.80 bits per heavy atom. The Kier molecular flexibility index (Phi) is 3.37. The van der Waals surface area contributed by atoms with E-state index in [1.807, 2.05) is 30.3 Å². The summed E-state index contributed by atoms with van der Waals surface area (Å²) in [7, 11) is 0. The van der Waals surface area contributed by atoms with Gasteiger partial charge in [0.1, 0.15) is 11.4 Å². The molecule has 0 saturated heterocycles. The van der Waals surface area contributed by atoms with Gasteiger partial charge in [-0.15, -0.1) is 0 Å². The highest BCUT2D eigenvalue weighted by molar-refractivity contribution is 5.93. The van der Waals surface area contributed by atoms with Crippen LogP contribution in [0.4, 0.5) is 5.82 Å². The lowest BCUT2D eigenvalue weighted by Gasteiger charge is -2.11. The highest BCUT2D eigenvalue weighted by Crippen LogP contribution is 2.25. The number of aromatic nitrogens is 1. The van der Waals surface area contributed by atoms with Crippen molar-refractivity contribution in [1.82, 2.24) is 4.98 Å². The van der Waals surface area contributed by atoms with E-state index < -0.39 is 5.97 Å². The van der Waals surface area contributed by atoms with E-state index in [4.69, 9.17) is 0 Å². The molecule has 0 saturated carbocycles. The van der Waals surface area contributed by atoms with Crippen LogP contribution in [0.15, 0.2) is 36.4 Å². The number of aryl methyl sites for hydroxylation is 2. The molecule has 0 radical (unpaired) electrons. The lowest BCUT2D eigenvalue weighted by Crippen LogP contribution is -2.10. The van der Waals surface area contributed by atoms with E-state index in [1.165, 1.54) is 0 Å². The zero-order chi connectivity index (χ0) is 13.9. The molecule has 0 unspecified atom stereocenters.